The summed E-state index contributed by atoms with van der Waals surface area (Å²) in [4.78, 5) is 19.0. The average molecular weight is 473 g/mol. The summed E-state index contributed by atoms with van der Waals surface area (Å²) in [5, 5.41) is 2.80. The summed E-state index contributed by atoms with van der Waals surface area (Å²) in [6.45, 7) is 2.76. The van der Waals surface area contributed by atoms with Crippen molar-refractivity contribution in [3.8, 4) is 5.75 Å². The Bertz CT molecular complexity index is 1100. The van der Waals surface area contributed by atoms with Crippen LogP contribution in [0.5, 0.6) is 5.75 Å². The van der Waals surface area contributed by atoms with Crippen molar-refractivity contribution in [1.29, 1.82) is 0 Å². The van der Waals surface area contributed by atoms with Crippen LogP contribution in [-0.2, 0) is 14.8 Å². The second-order valence-corrected chi connectivity index (χ2v) is 9.84. The summed E-state index contributed by atoms with van der Waals surface area (Å²) < 4.78 is 33.6. The van der Waals surface area contributed by atoms with Crippen LogP contribution in [0.4, 0.5) is 5.69 Å². The molecule has 0 saturated carbocycles. The van der Waals surface area contributed by atoms with Crippen molar-refractivity contribution in [1.82, 2.24) is 9.62 Å². The second kappa shape index (κ2) is 11.3. The maximum Gasteiger partial charge on any atom is 0.262 e. The molecule has 2 N–H and O–H groups in total. The van der Waals surface area contributed by atoms with E-state index >= 15 is 0 Å². The fourth-order valence-electron chi connectivity index (χ4n) is 3.73. The minimum atomic E-state index is -3.77. The molecule has 1 aliphatic rings. The highest BCUT2D eigenvalue weighted by Crippen LogP contribution is 2.28. The molecule has 1 unspecified atom stereocenters. The molecule has 1 amide bonds. The number of sulfonamides is 1. The number of anilines is 1. The van der Waals surface area contributed by atoms with E-state index in [0.717, 1.165) is 30.6 Å². The summed E-state index contributed by atoms with van der Waals surface area (Å²) in [5.74, 6) is 1.02. The number of benzene rings is 2. The number of aliphatic imine (C=N–C) groups is 1. The zero-order chi connectivity index (χ0) is 23.8. The van der Waals surface area contributed by atoms with Gasteiger partial charge in [-0.05, 0) is 51.1 Å². The average Bonchev–Trinajstić information content (AvgIpc) is 3.06. The zero-order valence-corrected chi connectivity index (χ0v) is 20.2. The number of ether oxygens (including phenoxy) is 1. The number of rotatable bonds is 8. The quantitative estimate of drug-likeness (QED) is 0.612. The number of nitrogens with zero attached hydrogens (tertiary/aromatic N) is 2. The van der Waals surface area contributed by atoms with Gasteiger partial charge < -0.3 is 10.1 Å². The molecule has 1 atom stereocenters. The molecule has 2 aromatic rings. The molecular formula is C24H32N4O4S. The Morgan fingerprint density at radius 3 is 2.73 bits per heavy atom. The maximum atomic E-state index is 12.8. The molecule has 0 radical (unpaired) electrons. The standard InChI is InChI=1S/C24H32N4O4S/c1-18(21-12-6-7-13-22(21)32-3)28(2)17-24(29)26-19-10-9-11-20(16-19)33(30,31)27-23-14-5-4-8-15-25-23/h6-7,9-13,16,18H,4-5,8,14-15,17H2,1-3H3,(H,25,27)(H,26,29). The van der Waals surface area contributed by atoms with Crippen LogP contribution in [0.15, 0.2) is 58.4 Å². The van der Waals surface area contributed by atoms with E-state index in [1.165, 1.54) is 12.1 Å². The monoisotopic (exact) mass is 472 g/mol. The Kier molecular flexibility index (Phi) is 8.46. The Labute approximate surface area is 196 Å². The number of nitrogens with one attached hydrogen (secondary N) is 2. The minimum absolute atomic E-state index is 0.0526. The van der Waals surface area contributed by atoms with Crippen LogP contribution in [0, 0.1) is 0 Å². The number of likely N-dealkylation sites (N-methyl/N-ethyl adjacent to an activating group) is 1. The van der Waals surface area contributed by atoms with E-state index in [2.05, 4.69) is 15.0 Å². The molecule has 0 fully saturated rings. The van der Waals surface area contributed by atoms with Crippen molar-refractivity contribution in [2.45, 2.75) is 43.5 Å². The molecule has 2 aromatic carbocycles. The molecule has 3 rings (SSSR count). The third-order valence-corrected chi connectivity index (χ3v) is 7.08. The summed E-state index contributed by atoms with van der Waals surface area (Å²) in [7, 11) is -0.293. The molecule has 8 nitrogen and oxygen atoms in total. The molecular weight excluding hydrogens is 440 g/mol. The third kappa shape index (κ3) is 6.79. The van der Waals surface area contributed by atoms with Crippen LogP contribution < -0.4 is 14.8 Å². The van der Waals surface area contributed by atoms with Crippen LogP contribution in [0.2, 0.25) is 0 Å². The predicted molar refractivity (Wildman–Crippen MR) is 130 cm³/mol. The lowest BCUT2D eigenvalue weighted by molar-refractivity contribution is -0.117. The molecule has 1 aliphatic heterocycles. The Morgan fingerprint density at radius 1 is 1.15 bits per heavy atom. The number of carbonyl (C=O) groups excluding carboxylic acids is 1. The number of carbonyl (C=O) groups is 1. The van der Waals surface area contributed by atoms with Gasteiger partial charge in [-0.15, -0.1) is 0 Å². The molecule has 0 aromatic heterocycles. The topological polar surface area (TPSA) is 100 Å². The Hall–Kier alpha value is -2.91. The van der Waals surface area contributed by atoms with Gasteiger partial charge in [0.15, 0.2) is 0 Å². The molecule has 9 heteroatoms. The molecule has 0 aliphatic carbocycles. The Balaban J connectivity index is 1.64. The van der Waals surface area contributed by atoms with Gasteiger partial charge in [0.1, 0.15) is 11.6 Å². The predicted octanol–water partition coefficient (Wildman–Crippen LogP) is 3.58. The van der Waals surface area contributed by atoms with Crippen LogP contribution >= 0.6 is 0 Å². The number of hydrogen-bond donors (Lipinski definition) is 2. The van der Waals surface area contributed by atoms with Crippen molar-refractivity contribution >= 4 is 27.5 Å². The van der Waals surface area contributed by atoms with E-state index < -0.39 is 10.0 Å². The van der Waals surface area contributed by atoms with E-state index in [1.807, 2.05) is 43.1 Å². The van der Waals surface area contributed by atoms with Crippen molar-refractivity contribution in [2.24, 2.45) is 4.99 Å². The fraction of sp³-hybridized carbons (Fsp3) is 0.417. The van der Waals surface area contributed by atoms with Gasteiger partial charge in [-0.3, -0.25) is 19.4 Å². The third-order valence-electron chi connectivity index (χ3n) is 5.70. The number of para-hydroxylation sites is 1. The Morgan fingerprint density at radius 2 is 1.94 bits per heavy atom. The lowest BCUT2D eigenvalue weighted by Crippen LogP contribution is -2.32. The van der Waals surface area contributed by atoms with Crippen molar-refractivity contribution < 1.29 is 17.9 Å². The van der Waals surface area contributed by atoms with E-state index in [1.54, 1.807) is 19.2 Å². The van der Waals surface area contributed by atoms with Gasteiger partial charge in [0.2, 0.25) is 5.91 Å². The van der Waals surface area contributed by atoms with E-state index in [4.69, 9.17) is 4.74 Å². The lowest BCUT2D eigenvalue weighted by Gasteiger charge is -2.25. The van der Waals surface area contributed by atoms with Gasteiger partial charge in [0.25, 0.3) is 10.0 Å². The smallest absolute Gasteiger partial charge is 0.262 e. The van der Waals surface area contributed by atoms with Crippen molar-refractivity contribution in [2.75, 3.05) is 32.6 Å². The maximum absolute atomic E-state index is 12.8. The first-order chi connectivity index (χ1) is 15.8. The molecule has 33 heavy (non-hydrogen) atoms. The SMILES string of the molecule is COc1ccccc1C(C)N(C)CC(=O)Nc1cccc(S(=O)(=O)NC2=NCCCCC2)c1. The van der Waals surface area contributed by atoms with E-state index in [-0.39, 0.29) is 23.4 Å². The molecule has 1 heterocycles. The molecule has 0 spiro atoms. The van der Waals surface area contributed by atoms with Gasteiger partial charge in [-0.25, -0.2) is 8.42 Å². The van der Waals surface area contributed by atoms with Crippen LogP contribution in [0.3, 0.4) is 0 Å². The van der Waals surface area contributed by atoms with Gasteiger partial charge in [0, 0.05) is 30.3 Å². The van der Waals surface area contributed by atoms with Gasteiger partial charge >= 0.3 is 0 Å². The number of hydrogen-bond acceptors (Lipinski definition) is 6. The second-order valence-electron chi connectivity index (χ2n) is 8.15. The highest BCUT2D eigenvalue weighted by molar-refractivity contribution is 7.90. The number of amidine groups is 1. The normalized spacial score (nSPS) is 15.3. The van der Waals surface area contributed by atoms with E-state index in [0.29, 0.717) is 24.5 Å². The van der Waals surface area contributed by atoms with Crippen LogP contribution in [-0.4, -0.2) is 52.3 Å². The summed E-state index contributed by atoms with van der Waals surface area (Å²) in [6, 6.07) is 13.9. The molecule has 0 bridgehead atoms. The highest BCUT2D eigenvalue weighted by atomic mass is 32.2. The van der Waals surface area contributed by atoms with Gasteiger partial charge in [0.05, 0.1) is 18.6 Å². The fourth-order valence-corrected chi connectivity index (χ4v) is 4.86. The van der Waals surface area contributed by atoms with Gasteiger partial charge in [-0.2, -0.15) is 0 Å². The lowest BCUT2D eigenvalue weighted by atomic mass is 10.1. The zero-order valence-electron chi connectivity index (χ0n) is 19.4. The van der Waals surface area contributed by atoms with Crippen molar-refractivity contribution in [3.63, 3.8) is 0 Å². The summed E-state index contributed by atoms with van der Waals surface area (Å²) >= 11 is 0. The van der Waals surface area contributed by atoms with Crippen molar-refractivity contribution in [3.05, 3.63) is 54.1 Å². The molecule has 0 saturated heterocycles. The summed E-state index contributed by atoms with van der Waals surface area (Å²) in [6.07, 6.45) is 3.54. The van der Waals surface area contributed by atoms with Crippen LogP contribution in [0.1, 0.15) is 44.2 Å². The minimum Gasteiger partial charge on any atom is -0.496 e. The summed E-state index contributed by atoms with van der Waals surface area (Å²) in [5.41, 5.74) is 1.40. The first-order valence-electron chi connectivity index (χ1n) is 11.1. The molecule has 178 valence electrons. The highest BCUT2D eigenvalue weighted by Gasteiger charge is 2.20. The first-order valence-corrected chi connectivity index (χ1v) is 12.6. The largest absolute Gasteiger partial charge is 0.496 e. The number of amides is 1. The van der Waals surface area contributed by atoms with E-state index in [9.17, 15) is 13.2 Å². The number of methoxy groups -OCH3 is 1. The van der Waals surface area contributed by atoms with Crippen LogP contribution in [0.25, 0.3) is 0 Å². The van der Waals surface area contributed by atoms with Gasteiger partial charge in [-0.1, -0.05) is 30.7 Å². The first kappa shape index (κ1) is 24.7.